The maximum atomic E-state index is 6.13. The molecule has 0 amide bonds. The van der Waals surface area contributed by atoms with E-state index < -0.39 is 0 Å². The zero-order valence-corrected chi connectivity index (χ0v) is 16.7. The molecular formula is C14H16Br2ClN3S. The van der Waals surface area contributed by atoms with Gasteiger partial charge in [-0.25, -0.2) is 9.97 Å². The Labute approximate surface area is 150 Å². The number of hydrogen-bond acceptors (Lipinski definition) is 4. The first-order valence-electron chi connectivity index (χ1n) is 6.70. The summed E-state index contributed by atoms with van der Waals surface area (Å²) in [5, 5.41) is 3.35. The molecule has 0 aliphatic heterocycles. The van der Waals surface area contributed by atoms with Crippen molar-refractivity contribution in [1.29, 1.82) is 0 Å². The molecule has 0 bridgehead atoms. The Hall–Kier alpha value is -0.170. The van der Waals surface area contributed by atoms with E-state index in [1.165, 1.54) is 11.3 Å². The summed E-state index contributed by atoms with van der Waals surface area (Å²) in [5.74, 6) is 1.85. The Morgan fingerprint density at radius 3 is 2.57 bits per heavy atom. The summed E-state index contributed by atoms with van der Waals surface area (Å²) in [6.07, 6.45) is 1.04. The van der Waals surface area contributed by atoms with Gasteiger partial charge in [-0.1, -0.05) is 32.4 Å². The first-order chi connectivity index (χ1) is 9.93. The summed E-state index contributed by atoms with van der Waals surface area (Å²) in [6, 6.07) is 1.96. The van der Waals surface area contributed by atoms with Crippen molar-refractivity contribution >= 4 is 60.6 Å². The average molecular weight is 454 g/mol. The fourth-order valence-corrected chi connectivity index (χ4v) is 4.19. The van der Waals surface area contributed by atoms with Crippen molar-refractivity contribution in [3.63, 3.8) is 0 Å². The quantitative estimate of drug-likeness (QED) is 0.575. The van der Waals surface area contributed by atoms with Gasteiger partial charge >= 0.3 is 0 Å². The first kappa shape index (κ1) is 17.2. The molecule has 0 aliphatic rings. The standard InChI is InChI=1S/C14H16Br2ClN3S/c1-4-5-18-14-10(16)11(7(2)3)19-13(20-14)9-6-8(15)12(17)21-9/h6-7H,4-5H2,1-3H3,(H,18,19,20). The maximum Gasteiger partial charge on any atom is 0.172 e. The van der Waals surface area contributed by atoms with Crippen LogP contribution in [0.2, 0.25) is 4.34 Å². The molecule has 21 heavy (non-hydrogen) atoms. The molecule has 2 aromatic rings. The van der Waals surface area contributed by atoms with Gasteiger partial charge in [-0.2, -0.15) is 0 Å². The molecule has 0 saturated carbocycles. The molecule has 0 unspecified atom stereocenters. The van der Waals surface area contributed by atoms with Gasteiger partial charge in [-0.05, 0) is 50.3 Å². The van der Waals surface area contributed by atoms with E-state index in [1.54, 1.807) is 0 Å². The third-order valence-electron chi connectivity index (χ3n) is 2.83. The zero-order chi connectivity index (χ0) is 15.6. The Morgan fingerprint density at radius 2 is 2.05 bits per heavy atom. The minimum absolute atomic E-state index is 0.308. The molecule has 0 spiro atoms. The lowest BCUT2D eigenvalue weighted by molar-refractivity contribution is 0.808. The number of halogens is 3. The van der Waals surface area contributed by atoms with Gasteiger partial charge < -0.3 is 5.32 Å². The molecule has 0 radical (unpaired) electrons. The highest BCUT2D eigenvalue weighted by Gasteiger charge is 2.17. The minimum Gasteiger partial charge on any atom is -0.369 e. The lowest BCUT2D eigenvalue weighted by atomic mass is 10.1. The lowest BCUT2D eigenvalue weighted by Crippen LogP contribution is -2.08. The third kappa shape index (κ3) is 3.97. The molecule has 0 atom stereocenters. The molecule has 2 aromatic heterocycles. The molecule has 1 N–H and O–H groups in total. The number of aromatic nitrogens is 2. The second-order valence-corrected chi connectivity index (χ2v) is 8.21. The van der Waals surface area contributed by atoms with Crippen LogP contribution in [0.4, 0.5) is 5.82 Å². The third-order valence-corrected chi connectivity index (χ3v) is 6.08. The molecule has 114 valence electrons. The molecule has 0 aromatic carbocycles. The monoisotopic (exact) mass is 451 g/mol. The number of nitrogens with zero attached hydrogens (tertiary/aromatic N) is 2. The van der Waals surface area contributed by atoms with E-state index in [-0.39, 0.29) is 0 Å². The highest BCUT2D eigenvalue weighted by Crippen LogP contribution is 2.38. The van der Waals surface area contributed by atoms with Crippen molar-refractivity contribution in [2.75, 3.05) is 11.9 Å². The van der Waals surface area contributed by atoms with Gasteiger partial charge in [0.25, 0.3) is 0 Å². The van der Waals surface area contributed by atoms with Crippen LogP contribution in [0.1, 0.15) is 38.8 Å². The van der Waals surface area contributed by atoms with Gasteiger partial charge in [0.2, 0.25) is 0 Å². The van der Waals surface area contributed by atoms with Crippen molar-refractivity contribution in [3.05, 3.63) is 25.0 Å². The van der Waals surface area contributed by atoms with Crippen LogP contribution in [-0.4, -0.2) is 16.5 Å². The van der Waals surface area contributed by atoms with Crippen LogP contribution in [0.5, 0.6) is 0 Å². The Kier molecular flexibility index (Phi) is 6.05. The highest BCUT2D eigenvalue weighted by molar-refractivity contribution is 9.11. The predicted molar refractivity (Wildman–Crippen MR) is 98.6 cm³/mol. The van der Waals surface area contributed by atoms with Gasteiger partial charge in [0.05, 0.1) is 15.0 Å². The number of anilines is 1. The fraction of sp³-hybridized carbons (Fsp3) is 0.429. The number of thiophene rings is 1. The summed E-state index contributed by atoms with van der Waals surface area (Å²) in [7, 11) is 0. The summed E-state index contributed by atoms with van der Waals surface area (Å²) in [5.41, 5.74) is 0.999. The minimum atomic E-state index is 0.308. The van der Waals surface area contributed by atoms with E-state index >= 15 is 0 Å². The van der Waals surface area contributed by atoms with Crippen molar-refractivity contribution in [3.8, 4) is 10.7 Å². The van der Waals surface area contributed by atoms with E-state index in [2.05, 4.69) is 62.9 Å². The van der Waals surface area contributed by atoms with Crippen LogP contribution in [0.3, 0.4) is 0 Å². The van der Waals surface area contributed by atoms with Crippen LogP contribution in [0.25, 0.3) is 10.7 Å². The number of rotatable bonds is 5. The average Bonchev–Trinajstić information content (AvgIpc) is 2.77. The number of nitrogens with one attached hydrogen (secondary N) is 1. The SMILES string of the molecule is CCCNc1nc(-c2cc(Br)c(Cl)s2)nc(C(C)C)c1Br. The van der Waals surface area contributed by atoms with Crippen LogP contribution in [0.15, 0.2) is 15.0 Å². The van der Waals surface area contributed by atoms with E-state index in [1.807, 2.05) is 6.07 Å². The molecular weight excluding hydrogens is 438 g/mol. The molecule has 7 heteroatoms. The summed E-state index contributed by atoms with van der Waals surface area (Å²) in [4.78, 5) is 10.3. The zero-order valence-electron chi connectivity index (χ0n) is 12.0. The van der Waals surface area contributed by atoms with Crippen molar-refractivity contribution < 1.29 is 0 Å². The van der Waals surface area contributed by atoms with Gasteiger partial charge in [-0.3, -0.25) is 0 Å². The molecule has 2 heterocycles. The van der Waals surface area contributed by atoms with E-state index in [0.717, 1.165) is 38.3 Å². The molecule has 2 rings (SSSR count). The van der Waals surface area contributed by atoms with Gasteiger partial charge in [0, 0.05) is 11.0 Å². The van der Waals surface area contributed by atoms with Crippen LogP contribution in [-0.2, 0) is 0 Å². The van der Waals surface area contributed by atoms with Crippen molar-refractivity contribution in [2.24, 2.45) is 0 Å². The molecule has 0 fully saturated rings. The highest BCUT2D eigenvalue weighted by atomic mass is 79.9. The normalized spacial score (nSPS) is 11.2. The lowest BCUT2D eigenvalue weighted by Gasteiger charge is -2.14. The second kappa shape index (κ2) is 7.40. The predicted octanol–water partition coefficient (Wildman–Crippen LogP) is 6.33. The van der Waals surface area contributed by atoms with Crippen molar-refractivity contribution in [1.82, 2.24) is 9.97 Å². The first-order valence-corrected chi connectivity index (χ1v) is 9.48. The summed E-state index contributed by atoms with van der Waals surface area (Å²) in [6.45, 7) is 7.25. The summed E-state index contributed by atoms with van der Waals surface area (Å²) >= 11 is 14.7. The Balaban J connectivity index is 2.52. The van der Waals surface area contributed by atoms with E-state index in [0.29, 0.717) is 16.1 Å². The van der Waals surface area contributed by atoms with Crippen molar-refractivity contribution in [2.45, 2.75) is 33.1 Å². The topological polar surface area (TPSA) is 37.8 Å². The maximum absolute atomic E-state index is 6.13. The molecule has 0 aliphatic carbocycles. The molecule has 3 nitrogen and oxygen atoms in total. The van der Waals surface area contributed by atoms with Crippen LogP contribution >= 0.6 is 54.8 Å². The summed E-state index contributed by atoms with van der Waals surface area (Å²) < 4.78 is 2.53. The van der Waals surface area contributed by atoms with E-state index in [4.69, 9.17) is 16.6 Å². The molecule has 0 saturated heterocycles. The number of hydrogen-bond donors (Lipinski definition) is 1. The largest absolute Gasteiger partial charge is 0.369 e. The Bertz CT molecular complexity index is 624. The van der Waals surface area contributed by atoms with Gasteiger partial charge in [-0.15, -0.1) is 11.3 Å². The van der Waals surface area contributed by atoms with E-state index in [9.17, 15) is 0 Å². The smallest absolute Gasteiger partial charge is 0.172 e. The van der Waals surface area contributed by atoms with Gasteiger partial charge in [0.15, 0.2) is 5.82 Å². The Morgan fingerprint density at radius 1 is 1.33 bits per heavy atom. The van der Waals surface area contributed by atoms with Crippen LogP contribution in [0, 0.1) is 0 Å². The fourth-order valence-electron chi connectivity index (χ4n) is 1.77. The van der Waals surface area contributed by atoms with Crippen LogP contribution < -0.4 is 5.32 Å². The van der Waals surface area contributed by atoms with Gasteiger partial charge in [0.1, 0.15) is 10.2 Å². The second-order valence-electron chi connectivity index (χ2n) is 4.91.